The number of hydrogen-bond donors (Lipinski definition) is 2. The third-order valence-electron chi connectivity index (χ3n) is 3.77. The minimum absolute atomic E-state index is 0.0157. The van der Waals surface area contributed by atoms with Gasteiger partial charge >= 0.3 is 5.97 Å². The first-order valence-corrected chi connectivity index (χ1v) is 7.43. The van der Waals surface area contributed by atoms with Crippen LogP contribution in [0.25, 0.3) is 0 Å². The van der Waals surface area contributed by atoms with Crippen molar-refractivity contribution >= 4 is 29.2 Å². The van der Waals surface area contributed by atoms with Crippen molar-refractivity contribution < 1.29 is 19.2 Å². The minimum atomic E-state index is -0.139. The molecule has 2 rings (SSSR count). The van der Waals surface area contributed by atoms with Crippen molar-refractivity contribution in [1.29, 1.82) is 0 Å². The number of esters is 1. The van der Waals surface area contributed by atoms with Crippen LogP contribution in [0.1, 0.15) is 12.8 Å². The van der Waals surface area contributed by atoms with Gasteiger partial charge in [0.15, 0.2) is 6.54 Å². The Morgan fingerprint density at radius 1 is 1.29 bits per heavy atom. The first kappa shape index (κ1) is 15.8. The van der Waals surface area contributed by atoms with Crippen LogP contribution < -0.4 is 10.2 Å². The lowest BCUT2D eigenvalue weighted by Gasteiger charge is -2.27. The largest absolute Gasteiger partial charge is 0.469 e. The summed E-state index contributed by atoms with van der Waals surface area (Å²) in [5.74, 6) is -0.179. The molecule has 1 amide bonds. The zero-order chi connectivity index (χ0) is 15.2. The molecule has 1 saturated heterocycles. The number of amides is 1. The van der Waals surface area contributed by atoms with Crippen LogP contribution in [-0.4, -0.2) is 38.6 Å². The molecule has 1 aliphatic heterocycles. The fraction of sp³-hybridized carbons (Fsp3) is 0.467. The van der Waals surface area contributed by atoms with E-state index in [1.807, 2.05) is 0 Å². The summed E-state index contributed by atoms with van der Waals surface area (Å²) in [4.78, 5) is 24.6. The predicted octanol–water partition coefficient (Wildman–Crippen LogP) is 0.746. The molecule has 0 unspecified atom stereocenters. The molecule has 114 valence electrons. The van der Waals surface area contributed by atoms with Gasteiger partial charge in [0.1, 0.15) is 0 Å². The molecule has 0 spiro atoms. The third-order valence-corrected chi connectivity index (χ3v) is 4.02. The number of anilines is 1. The Morgan fingerprint density at radius 2 is 1.90 bits per heavy atom. The highest BCUT2D eigenvalue weighted by Crippen LogP contribution is 2.13. The van der Waals surface area contributed by atoms with Gasteiger partial charge in [-0.1, -0.05) is 11.6 Å². The Labute approximate surface area is 129 Å². The Hall–Kier alpha value is -1.59. The summed E-state index contributed by atoms with van der Waals surface area (Å²) >= 11 is 5.80. The summed E-state index contributed by atoms with van der Waals surface area (Å²) < 4.78 is 4.76. The van der Waals surface area contributed by atoms with Crippen molar-refractivity contribution in [3.63, 3.8) is 0 Å². The highest BCUT2D eigenvalue weighted by Gasteiger charge is 2.28. The summed E-state index contributed by atoms with van der Waals surface area (Å²) in [7, 11) is 1.42. The van der Waals surface area contributed by atoms with Crippen LogP contribution in [0.2, 0.25) is 5.02 Å². The maximum absolute atomic E-state index is 12.0. The summed E-state index contributed by atoms with van der Waals surface area (Å²) in [6.07, 6.45) is 1.55. The van der Waals surface area contributed by atoms with E-state index in [0.29, 0.717) is 11.6 Å². The van der Waals surface area contributed by atoms with Gasteiger partial charge in [0.25, 0.3) is 5.91 Å². The van der Waals surface area contributed by atoms with Crippen LogP contribution in [0.15, 0.2) is 24.3 Å². The lowest BCUT2D eigenvalue weighted by Crippen LogP contribution is -3.14. The van der Waals surface area contributed by atoms with Gasteiger partial charge in [0.05, 0.1) is 26.1 Å². The number of carbonyl (C=O) groups is 2. The van der Waals surface area contributed by atoms with Crippen molar-refractivity contribution in [3.8, 4) is 0 Å². The molecule has 0 atom stereocenters. The fourth-order valence-electron chi connectivity index (χ4n) is 2.57. The van der Waals surface area contributed by atoms with E-state index in [1.54, 1.807) is 24.3 Å². The average molecular weight is 312 g/mol. The normalized spacial score (nSPS) is 21.6. The summed E-state index contributed by atoms with van der Waals surface area (Å²) in [5.41, 5.74) is 0.744. The lowest BCUT2D eigenvalue weighted by atomic mass is 9.97. The molecule has 1 aliphatic rings. The second kappa shape index (κ2) is 7.43. The van der Waals surface area contributed by atoms with Gasteiger partial charge in [-0.05, 0) is 24.3 Å². The van der Waals surface area contributed by atoms with Crippen LogP contribution >= 0.6 is 11.6 Å². The van der Waals surface area contributed by atoms with Gasteiger partial charge in [-0.25, -0.2) is 0 Å². The van der Waals surface area contributed by atoms with Crippen molar-refractivity contribution in [2.24, 2.45) is 5.92 Å². The molecule has 0 bridgehead atoms. The molecule has 1 heterocycles. The lowest BCUT2D eigenvalue weighted by molar-refractivity contribution is -0.897. The standard InChI is InChI=1S/C15H19ClN2O3/c1-21-15(20)11-6-8-18(9-7-11)10-14(19)17-13-4-2-12(16)3-5-13/h2-5,11H,6-10H2,1H3,(H,17,19)/p+1. The first-order valence-electron chi connectivity index (χ1n) is 7.05. The highest BCUT2D eigenvalue weighted by molar-refractivity contribution is 6.30. The summed E-state index contributed by atoms with van der Waals surface area (Å²) in [6.45, 7) is 2.04. The number of carbonyl (C=O) groups excluding carboxylic acids is 2. The molecule has 2 N–H and O–H groups in total. The Kier molecular flexibility index (Phi) is 5.59. The molecule has 0 aliphatic carbocycles. The summed E-state index contributed by atoms with van der Waals surface area (Å²) in [5, 5.41) is 3.49. The minimum Gasteiger partial charge on any atom is -0.469 e. The smallest absolute Gasteiger partial charge is 0.309 e. The number of rotatable bonds is 4. The number of ether oxygens (including phenoxy) is 1. The van der Waals surface area contributed by atoms with E-state index >= 15 is 0 Å². The number of halogens is 1. The predicted molar refractivity (Wildman–Crippen MR) is 80.4 cm³/mol. The Morgan fingerprint density at radius 3 is 2.48 bits per heavy atom. The Bertz CT molecular complexity index is 496. The number of piperidine rings is 1. The van der Waals surface area contributed by atoms with Crippen LogP contribution in [0, 0.1) is 5.92 Å². The van der Waals surface area contributed by atoms with Gasteiger partial charge in [-0.15, -0.1) is 0 Å². The van der Waals surface area contributed by atoms with E-state index in [2.05, 4.69) is 5.32 Å². The maximum atomic E-state index is 12.0. The average Bonchev–Trinajstić information content (AvgIpc) is 2.49. The van der Waals surface area contributed by atoms with Crippen LogP contribution in [0.5, 0.6) is 0 Å². The van der Waals surface area contributed by atoms with E-state index in [-0.39, 0.29) is 17.8 Å². The van der Waals surface area contributed by atoms with Crippen molar-refractivity contribution in [1.82, 2.24) is 0 Å². The fourth-order valence-corrected chi connectivity index (χ4v) is 2.70. The Balaban J connectivity index is 1.76. The topological polar surface area (TPSA) is 59.8 Å². The SMILES string of the molecule is COC(=O)C1CC[NH+](CC(=O)Nc2ccc(Cl)cc2)CC1. The molecule has 1 aromatic carbocycles. The molecular weight excluding hydrogens is 292 g/mol. The van der Waals surface area contributed by atoms with Gasteiger partial charge in [-0.3, -0.25) is 9.59 Å². The highest BCUT2D eigenvalue weighted by atomic mass is 35.5. The van der Waals surface area contributed by atoms with Crippen LogP contribution in [0.3, 0.4) is 0 Å². The number of likely N-dealkylation sites (tertiary alicyclic amines) is 1. The van der Waals surface area contributed by atoms with Crippen LogP contribution in [0.4, 0.5) is 5.69 Å². The van der Waals surface area contributed by atoms with E-state index in [1.165, 1.54) is 12.0 Å². The number of hydrogen-bond acceptors (Lipinski definition) is 3. The van der Waals surface area contributed by atoms with Gasteiger partial charge in [0.2, 0.25) is 0 Å². The van der Waals surface area contributed by atoms with Crippen molar-refractivity contribution in [3.05, 3.63) is 29.3 Å². The van der Waals surface area contributed by atoms with E-state index in [4.69, 9.17) is 16.3 Å². The first-order chi connectivity index (χ1) is 10.1. The molecule has 0 radical (unpaired) electrons. The number of quaternary nitrogens is 1. The molecule has 21 heavy (non-hydrogen) atoms. The van der Waals surface area contributed by atoms with Gasteiger partial charge < -0.3 is 15.0 Å². The number of methoxy groups -OCH3 is 1. The zero-order valence-electron chi connectivity index (χ0n) is 12.0. The second-order valence-corrected chi connectivity index (χ2v) is 5.72. The van der Waals surface area contributed by atoms with Crippen molar-refractivity contribution in [2.45, 2.75) is 12.8 Å². The maximum Gasteiger partial charge on any atom is 0.309 e. The second-order valence-electron chi connectivity index (χ2n) is 5.28. The molecule has 6 heteroatoms. The van der Waals surface area contributed by atoms with Gasteiger partial charge in [-0.2, -0.15) is 0 Å². The molecule has 1 aromatic rings. The van der Waals surface area contributed by atoms with E-state index < -0.39 is 0 Å². The molecular formula is C15H20ClN2O3+. The van der Waals surface area contributed by atoms with Crippen LogP contribution in [-0.2, 0) is 14.3 Å². The molecule has 1 fully saturated rings. The zero-order valence-corrected chi connectivity index (χ0v) is 12.8. The summed E-state index contributed by atoms with van der Waals surface area (Å²) in [6, 6.07) is 7.04. The molecule has 5 nitrogen and oxygen atoms in total. The monoisotopic (exact) mass is 311 g/mol. The number of nitrogens with one attached hydrogen (secondary N) is 2. The van der Waals surface area contributed by atoms with E-state index in [0.717, 1.165) is 31.6 Å². The quantitative estimate of drug-likeness (QED) is 0.807. The third kappa shape index (κ3) is 4.72. The number of benzene rings is 1. The molecule has 0 saturated carbocycles. The van der Waals surface area contributed by atoms with Gasteiger partial charge in [0, 0.05) is 23.6 Å². The van der Waals surface area contributed by atoms with E-state index in [9.17, 15) is 9.59 Å². The van der Waals surface area contributed by atoms with Crippen molar-refractivity contribution in [2.75, 3.05) is 32.1 Å². The molecule has 0 aromatic heterocycles.